The van der Waals surface area contributed by atoms with E-state index in [-0.39, 0.29) is 5.56 Å². The van der Waals surface area contributed by atoms with Crippen LogP contribution in [-0.2, 0) is 18.3 Å². The van der Waals surface area contributed by atoms with Gasteiger partial charge in [-0.15, -0.1) is 0 Å². The average Bonchev–Trinajstić information content (AvgIpc) is 3.18. The van der Waals surface area contributed by atoms with Crippen molar-refractivity contribution in [1.82, 2.24) is 19.0 Å². The van der Waals surface area contributed by atoms with Crippen LogP contribution in [0.1, 0.15) is 13.3 Å². The number of imidazole rings is 1. The maximum absolute atomic E-state index is 12.9. The lowest BCUT2D eigenvalue weighted by atomic mass is 10.1. The molecular formula is C21H26N4O2. The van der Waals surface area contributed by atoms with E-state index in [1.54, 1.807) is 10.8 Å². The second-order valence-corrected chi connectivity index (χ2v) is 7.21. The van der Waals surface area contributed by atoms with Crippen molar-refractivity contribution in [2.75, 3.05) is 26.3 Å². The monoisotopic (exact) mass is 366 g/mol. The molecule has 4 rings (SSSR count). The number of hydrogen-bond acceptors (Lipinski definition) is 4. The molecule has 142 valence electrons. The predicted molar refractivity (Wildman–Crippen MR) is 107 cm³/mol. The van der Waals surface area contributed by atoms with Crippen molar-refractivity contribution in [2.24, 2.45) is 7.05 Å². The molecule has 2 aromatic heterocycles. The molecule has 1 fully saturated rings. The molecule has 27 heavy (non-hydrogen) atoms. The van der Waals surface area contributed by atoms with E-state index in [4.69, 9.17) is 4.74 Å². The zero-order chi connectivity index (χ0) is 18.8. The third-order valence-electron chi connectivity index (χ3n) is 5.55. The van der Waals surface area contributed by atoms with Crippen molar-refractivity contribution in [3.8, 4) is 11.4 Å². The minimum absolute atomic E-state index is 0.0117. The molecule has 0 spiro atoms. The fourth-order valence-corrected chi connectivity index (χ4v) is 3.84. The number of fused-ring (bicyclic) bond motifs is 1. The van der Waals surface area contributed by atoms with Crippen molar-refractivity contribution >= 4 is 10.9 Å². The van der Waals surface area contributed by atoms with Gasteiger partial charge >= 0.3 is 0 Å². The molecular weight excluding hydrogens is 340 g/mol. The molecule has 1 atom stereocenters. The molecule has 1 saturated heterocycles. The number of pyridine rings is 1. The van der Waals surface area contributed by atoms with Gasteiger partial charge in [0.1, 0.15) is 5.82 Å². The van der Waals surface area contributed by atoms with Gasteiger partial charge in [-0.25, -0.2) is 4.98 Å². The van der Waals surface area contributed by atoms with Crippen LogP contribution in [0.2, 0.25) is 0 Å². The van der Waals surface area contributed by atoms with Gasteiger partial charge in [0.25, 0.3) is 5.56 Å². The molecule has 0 aliphatic carbocycles. The van der Waals surface area contributed by atoms with Gasteiger partial charge in [0.05, 0.1) is 24.3 Å². The van der Waals surface area contributed by atoms with Crippen molar-refractivity contribution in [1.29, 1.82) is 0 Å². The number of para-hydroxylation sites is 1. The number of morpholine rings is 1. The Morgan fingerprint density at radius 2 is 2.00 bits per heavy atom. The number of rotatable bonds is 5. The third kappa shape index (κ3) is 3.55. The van der Waals surface area contributed by atoms with Crippen LogP contribution in [0.5, 0.6) is 0 Å². The lowest BCUT2D eigenvalue weighted by Crippen LogP contribution is -2.42. The summed E-state index contributed by atoms with van der Waals surface area (Å²) in [4.78, 5) is 19.9. The summed E-state index contributed by atoms with van der Waals surface area (Å²) in [6, 6.07) is 10.4. The van der Waals surface area contributed by atoms with Gasteiger partial charge in [-0.2, -0.15) is 0 Å². The maximum Gasteiger partial charge on any atom is 0.261 e. The number of benzene rings is 1. The Bertz CT molecular complexity index is 985. The van der Waals surface area contributed by atoms with Crippen molar-refractivity contribution in [3.63, 3.8) is 0 Å². The molecule has 1 aliphatic heterocycles. The van der Waals surface area contributed by atoms with E-state index in [0.717, 1.165) is 56.0 Å². The molecule has 1 aromatic carbocycles. The van der Waals surface area contributed by atoms with E-state index < -0.39 is 0 Å². The highest BCUT2D eigenvalue weighted by molar-refractivity contribution is 5.83. The van der Waals surface area contributed by atoms with E-state index in [0.29, 0.717) is 11.6 Å². The van der Waals surface area contributed by atoms with Gasteiger partial charge in [0, 0.05) is 45.1 Å². The second-order valence-electron chi connectivity index (χ2n) is 7.21. The van der Waals surface area contributed by atoms with Crippen LogP contribution in [0, 0.1) is 0 Å². The molecule has 3 aromatic rings. The number of hydrogen-bond donors (Lipinski definition) is 0. The zero-order valence-corrected chi connectivity index (χ0v) is 16.0. The first kappa shape index (κ1) is 17.9. The van der Waals surface area contributed by atoms with Gasteiger partial charge in [-0.3, -0.25) is 9.69 Å². The van der Waals surface area contributed by atoms with Crippen molar-refractivity contribution in [2.45, 2.75) is 25.9 Å². The summed E-state index contributed by atoms with van der Waals surface area (Å²) in [5.74, 6) is 0.746. The summed E-state index contributed by atoms with van der Waals surface area (Å²) in [7, 11) is 1.82. The molecule has 0 saturated carbocycles. The van der Waals surface area contributed by atoms with E-state index >= 15 is 0 Å². The summed E-state index contributed by atoms with van der Waals surface area (Å²) < 4.78 is 9.25. The number of aryl methyl sites for hydroxylation is 2. The lowest BCUT2D eigenvalue weighted by molar-refractivity contribution is 0.0179. The summed E-state index contributed by atoms with van der Waals surface area (Å²) >= 11 is 0. The first-order valence-corrected chi connectivity index (χ1v) is 9.57. The predicted octanol–water partition coefficient (Wildman–Crippen LogP) is 2.51. The first-order chi connectivity index (χ1) is 13.1. The highest BCUT2D eigenvalue weighted by atomic mass is 16.5. The van der Waals surface area contributed by atoms with E-state index in [2.05, 4.69) is 21.4 Å². The molecule has 0 radical (unpaired) electrons. The number of aromatic nitrogens is 3. The highest BCUT2D eigenvalue weighted by Crippen LogP contribution is 2.20. The first-order valence-electron chi connectivity index (χ1n) is 9.57. The van der Waals surface area contributed by atoms with Crippen LogP contribution >= 0.6 is 0 Å². The minimum atomic E-state index is -0.0117. The SMILES string of the molecule is CC(CCn1ccnc1-c1cc2ccccc2n(C)c1=O)N1CCOCC1. The molecule has 6 heteroatoms. The van der Waals surface area contributed by atoms with E-state index in [9.17, 15) is 4.79 Å². The molecule has 1 aliphatic rings. The van der Waals surface area contributed by atoms with Crippen molar-refractivity contribution < 1.29 is 4.74 Å². The minimum Gasteiger partial charge on any atom is -0.379 e. The molecule has 3 heterocycles. The van der Waals surface area contributed by atoms with Crippen LogP contribution in [0.15, 0.2) is 47.5 Å². The Labute approximate surface area is 159 Å². The van der Waals surface area contributed by atoms with Crippen LogP contribution in [0.4, 0.5) is 0 Å². The number of ether oxygens (including phenoxy) is 1. The Balaban J connectivity index is 1.59. The normalized spacial score (nSPS) is 16.7. The average molecular weight is 366 g/mol. The van der Waals surface area contributed by atoms with Gasteiger partial charge < -0.3 is 13.9 Å². The molecule has 1 unspecified atom stereocenters. The standard InChI is InChI=1S/C21H26N4O2/c1-16(24-11-13-27-14-12-24)7-9-25-10-8-22-20(25)18-15-17-5-3-4-6-19(17)23(2)21(18)26/h3-6,8,10,15-16H,7,9,11-14H2,1-2H3. The van der Waals surface area contributed by atoms with Crippen LogP contribution in [0.3, 0.4) is 0 Å². The topological polar surface area (TPSA) is 52.3 Å². The quantitative estimate of drug-likeness (QED) is 0.696. The summed E-state index contributed by atoms with van der Waals surface area (Å²) in [5, 5.41) is 1.05. The largest absolute Gasteiger partial charge is 0.379 e. The summed E-state index contributed by atoms with van der Waals surface area (Å²) in [6.45, 7) is 6.70. The Kier molecular flexibility index (Phi) is 5.09. The van der Waals surface area contributed by atoms with Gasteiger partial charge in [-0.1, -0.05) is 18.2 Å². The second kappa shape index (κ2) is 7.66. The van der Waals surface area contributed by atoms with Gasteiger partial charge in [0.2, 0.25) is 0 Å². The third-order valence-corrected chi connectivity index (χ3v) is 5.55. The van der Waals surface area contributed by atoms with Crippen molar-refractivity contribution in [3.05, 3.63) is 53.1 Å². The number of nitrogens with zero attached hydrogens (tertiary/aromatic N) is 4. The maximum atomic E-state index is 12.9. The van der Waals surface area contributed by atoms with Crippen LogP contribution < -0.4 is 5.56 Å². The molecule has 6 nitrogen and oxygen atoms in total. The lowest BCUT2D eigenvalue weighted by Gasteiger charge is -2.32. The van der Waals surface area contributed by atoms with Crippen LogP contribution in [-0.4, -0.2) is 51.4 Å². The fourth-order valence-electron chi connectivity index (χ4n) is 3.84. The van der Waals surface area contributed by atoms with Crippen LogP contribution in [0.25, 0.3) is 22.3 Å². The zero-order valence-electron chi connectivity index (χ0n) is 16.0. The molecule has 0 bridgehead atoms. The Morgan fingerprint density at radius 1 is 1.22 bits per heavy atom. The molecule has 0 amide bonds. The highest BCUT2D eigenvalue weighted by Gasteiger charge is 2.18. The van der Waals surface area contributed by atoms with Gasteiger partial charge in [-0.05, 0) is 30.9 Å². The Hall–Kier alpha value is -2.44. The molecule has 0 N–H and O–H groups in total. The summed E-state index contributed by atoms with van der Waals surface area (Å²) in [6.07, 6.45) is 4.76. The van der Waals surface area contributed by atoms with E-state index in [1.807, 2.05) is 43.6 Å². The Morgan fingerprint density at radius 3 is 2.81 bits per heavy atom. The summed E-state index contributed by atoms with van der Waals surface area (Å²) in [5.41, 5.74) is 1.58. The smallest absolute Gasteiger partial charge is 0.261 e. The fraction of sp³-hybridized carbons (Fsp3) is 0.429. The van der Waals surface area contributed by atoms with Gasteiger partial charge in [0.15, 0.2) is 0 Å². The van der Waals surface area contributed by atoms with E-state index in [1.165, 1.54) is 0 Å².